The van der Waals surface area contributed by atoms with E-state index in [0.29, 0.717) is 5.69 Å². The molecule has 27 heavy (non-hydrogen) atoms. The zero-order chi connectivity index (χ0) is 20.2. The molecular formula is C18H21F2N3O3S. The second-order valence-corrected chi connectivity index (χ2v) is 8.16. The van der Waals surface area contributed by atoms with Gasteiger partial charge in [0.15, 0.2) is 0 Å². The van der Waals surface area contributed by atoms with E-state index in [4.69, 9.17) is 0 Å². The van der Waals surface area contributed by atoms with E-state index in [1.54, 1.807) is 13.8 Å². The van der Waals surface area contributed by atoms with Crippen LogP contribution in [0.15, 0.2) is 47.4 Å². The van der Waals surface area contributed by atoms with Crippen LogP contribution in [0.3, 0.4) is 0 Å². The van der Waals surface area contributed by atoms with Gasteiger partial charge in [-0.3, -0.25) is 4.79 Å². The molecule has 2 N–H and O–H groups in total. The zero-order valence-electron chi connectivity index (χ0n) is 15.2. The molecule has 0 aliphatic carbocycles. The number of halogens is 2. The summed E-state index contributed by atoms with van der Waals surface area (Å²) in [6.45, 7) is 3.34. The molecule has 0 saturated heterocycles. The Labute approximate surface area is 157 Å². The zero-order valence-corrected chi connectivity index (χ0v) is 16.0. The fourth-order valence-corrected chi connectivity index (χ4v) is 3.53. The van der Waals surface area contributed by atoms with Gasteiger partial charge in [-0.2, -0.15) is 4.31 Å². The summed E-state index contributed by atoms with van der Waals surface area (Å²) in [5.74, 6) is -1.98. The van der Waals surface area contributed by atoms with Crippen molar-refractivity contribution in [3.63, 3.8) is 0 Å². The third-order valence-corrected chi connectivity index (χ3v) is 5.96. The summed E-state index contributed by atoms with van der Waals surface area (Å²) in [6, 6.07) is 8.49. The normalized spacial score (nSPS) is 11.7. The summed E-state index contributed by atoms with van der Waals surface area (Å²) in [6.07, 6.45) is 0. The standard InChI is InChI=1S/C18H21F2N3O3S/c1-12(2)23(3)27(25,26)15-7-5-14(6-8-15)21-11-18(24)22-17-10-13(19)4-9-16(17)20/h4-10,12,21H,11H2,1-3H3,(H,22,24). The van der Waals surface area contributed by atoms with Crippen molar-refractivity contribution in [2.75, 3.05) is 24.2 Å². The van der Waals surface area contributed by atoms with Crippen molar-refractivity contribution < 1.29 is 22.0 Å². The van der Waals surface area contributed by atoms with Gasteiger partial charge < -0.3 is 10.6 Å². The monoisotopic (exact) mass is 397 g/mol. The third-order valence-electron chi connectivity index (χ3n) is 3.91. The van der Waals surface area contributed by atoms with E-state index in [-0.39, 0.29) is 23.2 Å². The van der Waals surface area contributed by atoms with E-state index in [1.807, 2.05) is 0 Å². The molecule has 0 aliphatic rings. The largest absolute Gasteiger partial charge is 0.376 e. The molecule has 6 nitrogen and oxygen atoms in total. The Morgan fingerprint density at radius 1 is 1.11 bits per heavy atom. The van der Waals surface area contributed by atoms with Gasteiger partial charge in [-0.1, -0.05) is 0 Å². The number of hydrogen-bond acceptors (Lipinski definition) is 4. The van der Waals surface area contributed by atoms with Crippen molar-refractivity contribution in [1.29, 1.82) is 0 Å². The molecule has 0 bridgehead atoms. The molecule has 0 heterocycles. The van der Waals surface area contributed by atoms with Crippen molar-refractivity contribution in [1.82, 2.24) is 4.31 Å². The minimum atomic E-state index is -3.59. The van der Waals surface area contributed by atoms with E-state index in [9.17, 15) is 22.0 Å². The highest BCUT2D eigenvalue weighted by molar-refractivity contribution is 7.89. The Balaban J connectivity index is 1.99. The van der Waals surface area contributed by atoms with Crippen LogP contribution in [0.1, 0.15) is 13.8 Å². The maximum atomic E-state index is 13.5. The summed E-state index contributed by atoms with van der Waals surface area (Å²) in [4.78, 5) is 12.0. The molecule has 2 aromatic rings. The van der Waals surface area contributed by atoms with Gasteiger partial charge in [0.05, 0.1) is 17.1 Å². The number of carbonyl (C=O) groups excluding carboxylic acids is 1. The molecule has 0 aliphatic heterocycles. The molecule has 0 atom stereocenters. The van der Waals surface area contributed by atoms with E-state index in [1.165, 1.54) is 35.6 Å². The first-order valence-corrected chi connectivity index (χ1v) is 9.62. The molecule has 0 unspecified atom stereocenters. The van der Waals surface area contributed by atoms with Gasteiger partial charge >= 0.3 is 0 Å². The van der Waals surface area contributed by atoms with Crippen LogP contribution in [0.5, 0.6) is 0 Å². The number of nitrogens with one attached hydrogen (secondary N) is 2. The molecule has 0 fully saturated rings. The first-order chi connectivity index (χ1) is 12.6. The second kappa shape index (κ2) is 8.45. The SMILES string of the molecule is CC(C)N(C)S(=O)(=O)c1ccc(NCC(=O)Nc2cc(F)ccc2F)cc1. The molecule has 0 aromatic heterocycles. The predicted molar refractivity (Wildman–Crippen MR) is 100 cm³/mol. The van der Waals surface area contributed by atoms with E-state index in [2.05, 4.69) is 10.6 Å². The fourth-order valence-electron chi connectivity index (χ4n) is 2.16. The number of carbonyl (C=O) groups is 1. The highest BCUT2D eigenvalue weighted by atomic mass is 32.2. The van der Waals surface area contributed by atoms with Gasteiger partial charge in [-0.05, 0) is 50.2 Å². The molecule has 0 saturated carbocycles. The number of amides is 1. The predicted octanol–water partition coefficient (Wildman–Crippen LogP) is 3.04. The fraction of sp³-hybridized carbons (Fsp3) is 0.278. The number of benzene rings is 2. The average molecular weight is 397 g/mol. The lowest BCUT2D eigenvalue weighted by Crippen LogP contribution is -2.33. The number of nitrogens with zero attached hydrogens (tertiary/aromatic N) is 1. The van der Waals surface area contributed by atoms with Crippen LogP contribution >= 0.6 is 0 Å². The van der Waals surface area contributed by atoms with Crippen molar-refractivity contribution in [3.8, 4) is 0 Å². The van der Waals surface area contributed by atoms with Crippen LogP contribution in [0.2, 0.25) is 0 Å². The van der Waals surface area contributed by atoms with Crippen LogP contribution in [-0.4, -0.2) is 38.3 Å². The van der Waals surface area contributed by atoms with Crippen LogP contribution in [-0.2, 0) is 14.8 Å². The second-order valence-electron chi connectivity index (χ2n) is 6.17. The summed E-state index contributed by atoms with van der Waals surface area (Å²) >= 11 is 0. The van der Waals surface area contributed by atoms with E-state index < -0.39 is 27.6 Å². The maximum absolute atomic E-state index is 13.5. The van der Waals surface area contributed by atoms with Crippen LogP contribution in [0.25, 0.3) is 0 Å². The lowest BCUT2D eigenvalue weighted by Gasteiger charge is -2.21. The van der Waals surface area contributed by atoms with Crippen LogP contribution in [0, 0.1) is 11.6 Å². The minimum absolute atomic E-state index is 0.135. The quantitative estimate of drug-likeness (QED) is 0.753. The summed E-state index contributed by atoms with van der Waals surface area (Å²) in [5, 5.41) is 5.06. The van der Waals surface area contributed by atoms with Crippen molar-refractivity contribution in [3.05, 3.63) is 54.1 Å². The molecule has 0 radical (unpaired) electrons. The Bertz CT molecular complexity index is 916. The number of rotatable bonds is 7. The molecular weight excluding hydrogens is 376 g/mol. The molecule has 2 aromatic carbocycles. The van der Waals surface area contributed by atoms with Crippen molar-refractivity contribution in [2.24, 2.45) is 0 Å². The Hall–Kier alpha value is -2.52. The van der Waals surface area contributed by atoms with Gasteiger partial charge in [0.25, 0.3) is 0 Å². The average Bonchev–Trinajstić information content (AvgIpc) is 2.62. The van der Waals surface area contributed by atoms with Crippen molar-refractivity contribution >= 4 is 27.3 Å². The highest BCUT2D eigenvalue weighted by Crippen LogP contribution is 2.19. The third kappa shape index (κ3) is 5.24. The van der Waals surface area contributed by atoms with Gasteiger partial charge in [0, 0.05) is 24.8 Å². The number of sulfonamides is 1. The molecule has 146 valence electrons. The van der Waals surface area contributed by atoms with E-state index in [0.717, 1.165) is 18.2 Å². The molecule has 2 rings (SSSR count). The summed E-state index contributed by atoms with van der Waals surface area (Å²) in [5.41, 5.74) is 0.260. The van der Waals surface area contributed by atoms with Gasteiger partial charge in [-0.25, -0.2) is 17.2 Å². The minimum Gasteiger partial charge on any atom is -0.376 e. The molecule has 0 spiro atoms. The summed E-state index contributed by atoms with van der Waals surface area (Å²) < 4.78 is 52.6. The van der Waals surface area contributed by atoms with Gasteiger partial charge in [-0.15, -0.1) is 0 Å². The maximum Gasteiger partial charge on any atom is 0.243 e. The Morgan fingerprint density at radius 2 is 1.74 bits per heavy atom. The smallest absolute Gasteiger partial charge is 0.243 e. The lowest BCUT2D eigenvalue weighted by atomic mass is 10.3. The van der Waals surface area contributed by atoms with Crippen LogP contribution < -0.4 is 10.6 Å². The lowest BCUT2D eigenvalue weighted by molar-refractivity contribution is -0.114. The number of hydrogen-bond donors (Lipinski definition) is 2. The molecule has 1 amide bonds. The van der Waals surface area contributed by atoms with Crippen LogP contribution in [0.4, 0.5) is 20.2 Å². The van der Waals surface area contributed by atoms with Crippen molar-refractivity contribution in [2.45, 2.75) is 24.8 Å². The number of anilines is 2. The summed E-state index contributed by atoms with van der Waals surface area (Å²) in [7, 11) is -2.08. The first kappa shape index (κ1) is 20.8. The van der Waals surface area contributed by atoms with E-state index >= 15 is 0 Å². The Kier molecular flexibility index (Phi) is 6.50. The first-order valence-electron chi connectivity index (χ1n) is 8.18. The highest BCUT2D eigenvalue weighted by Gasteiger charge is 2.22. The van der Waals surface area contributed by atoms with Gasteiger partial charge in [0.1, 0.15) is 11.6 Å². The van der Waals surface area contributed by atoms with Gasteiger partial charge in [0.2, 0.25) is 15.9 Å². The molecule has 9 heteroatoms. The Morgan fingerprint density at radius 3 is 2.33 bits per heavy atom. The topological polar surface area (TPSA) is 78.5 Å².